The van der Waals surface area contributed by atoms with Gasteiger partial charge in [0.05, 0.1) is 16.6 Å². The van der Waals surface area contributed by atoms with Gasteiger partial charge in [-0.25, -0.2) is 18.2 Å². The van der Waals surface area contributed by atoms with Crippen LogP contribution in [0.4, 0.5) is 18.9 Å². The molecule has 3 fully saturated rings. The number of nitrogens with one attached hydrogen (secondary N) is 1. The van der Waals surface area contributed by atoms with Gasteiger partial charge in [0.1, 0.15) is 11.7 Å². The van der Waals surface area contributed by atoms with Gasteiger partial charge in [0, 0.05) is 52.9 Å². The number of benzene rings is 1. The highest BCUT2D eigenvalue weighted by Gasteiger charge is 2.48. The van der Waals surface area contributed by atoms with Crippen LogP contribution in [0.2, 0.25) is 0 Å². The van der Waals surface area contributed by atoms with Crippen molar-refractivity contribution in [3.8, 4) is 16.5 Å². The van der Waals surface area contributed by atoms with E-state index in [1.807, 2.05) is 24.3 Å². The molecule has 6 nitrogen and oxygen atoms in total. The Morgan fingerprint density at radius 2 is 1.92 bits per heavy atom. The minimum absolute atomic E-state index is 0.0196. The first-order valence-corrected chi connectivity index (χ1v) is 14.5. The number of aromatic nitrogens is 1. The Bertz CT molecular complexity index is 1180. The zero-order valence-electron chi connectivity index (χ0n) is 19.6. The van der Waals surface area contributed by atoms with Gasteiger partial charge in [-0.15, -0.1) is 11.3 Å². The highest BCUT2D eigenvalue weighted by molar-refractivity contribution is 7.85. The van der Waals surface area contributed by atoms with Gasteiger partial charge in [-0.05, 0) is 49.8 Å². The highest BCUT2D eigenvalue weighted by atomic mass is 32.2. The molecule has 2 heterocycles. The minimum atomic E-state index is -2.76. The molecule has 1 unspecified atom stereocenters. The summed E-state index contributed by atoms with van der Waals surface area (Å²) in [4.78, 5) is 20.1. The molecule has 1 saturated heterocycles. The van der Waals surface area contributed by atoms with Crippen molar-refractivity contribution in [2.75, 3.05) is 29.5 Å². The third-order valence-electron chi connectivity index (χ3n) is 7.33. The molecule has 1 aromatic heterocycles. The summed E-state index contributed by atoms with van der Waals surface area (Å²) in [6.45, 7) is 1.39. The minimum Gasteiger partial charge on any atom is -0.370 e. The summed E-state index contributed by atoms with van der Waals surface area (Å²) in [5.74, 6) is -0.461. The third kappa shape index (κ3) is 5.16. The number of halogens is 3. The molecule has 0 spiro atoms. The average Bonchev–Trinajstić information content (AvgIpc) is 3.51. The van der Waals surface area contributed by atoms with E-state index in [-0.39, 0.29) is 17.8 Å². The van der Waals surface area contributed by atoms with Gasteiger partial charge in [0.25, 0.3) is 6.43 Å². The fourth-order valence-electron chi connectivity index (χ4n) is 5.07. The lowest BCUT2D eigenvalue weighted by Crippen LogP contribution is -2.44. The van der Waals surface area contributed by atoms with Crippen LogP contribution >= 0.6 is 11.3 Å². The van der Waals surface area contributed by atoms with Crippen LogP contribution in [0, 0.1) is 17.2 Å². The lowest BCUT2D eigenvalue weighted by Gasteiger charge is -2.32. The van der Waals surface area contributed by atoms with E-state index in [4.69, 9.17) is 0 Å². The number of carbonyl (C=O) groups excluding carboxylic acids is 1. The molecule has 5 rings (SSSR count). The summed E-state index contributed by atoms with van der Waals surface area (Å²) >= 11 is 0.908. The molecule has 2 aromatic rings. The monoisotopic (exact) mass is 536 g/mol. The number of nitriles is 1. The smallest absolute Gasteiger partial charge is 0.289 e. The zero-order chi connectivity index (χ0) is 25.4. The van der Waals surface area contributed by atoms with Crippen LogP contribution in [0.15, 0.2) is 24.3 Å². The quantitative estimate of drug-likeness (QED) is 0.578. The number of hydrogen-bond donors (Lipinski definition) is 1. The van der Waals surface area contributed by atoms with Crippen molar-refractivity contribution in [2.24, 2.45) is 5.92 Å². The maximum Gasteiger partial charge on any atom is 0.289 e. The van der Waals surface area contributed by atoms with Crippen molar-refractivity contribution < 1.29 is 22.2 Å². The Balaban J connectivity index is 1.45. The van der Waals surface area contributed by atoms with Gasteiger partial charge in [0.15, 0.2) is 5.01 Å². The predicted octanol–water partition coefficient (Wildman–Crippen LogP) is 4.71. The Morgan fingerprint density at radius 1 is 1.22 bits per heavy atom. The summed E-state index contributed by atoms with van der Waals surface area (Å²) in [6.07, 6.45) is -2.27. The summed E-state index contributed by atoms with van der Waals surface area (Å²) in [5, 5.41) is 11.8. The van der Waals surface area contributed by atoms with Crippen LogP contribution in [0.5, 0.6) is 0 Å². The number of hydrogen-bond acceptors (Lipinski definition) is 6. The Morgan fingerprint density at radius 3 is 2.53 bits per heavy atom. The molecule has 2 aliphatic carbocycles. The molecule has 36 heavy (non-hydrogen) atoms. The molecule has 2 saturated carbocycles. The first kappa shape index (κ1) is 25.2. The summed E-state index contributed by atoms with van der Waals surface area (Å²) in [7, 11) is -0.787. The van der Waals surface area contributed by atoms with E-state index >= 15 is 0 Å². The second-order valence-corrected chi connectivity index (χ2v) is 12.5. The van der Waals surface area contributed by atoms with E-state index in [0.717, 1.165) is 22.6 Å². The molecule has 0 bridgehead atoms. The fraction of sp³-hybridized carbons (Fsp3) is 0.560. The van der Waals surface area contributed by atoms with E-state index in [1.54, 1.807) is 0 Å². The topological polar surface area (TPSA) is 86.1 Å². The van der Waals surface area contributed by atoms with Crippen molar-refractivity contribution in [1.82, 2.24) is 10.3 Å². The van der Waals surface area contributed by atoms with E-state index in [0.29, 0.717) is 54.4 Å². The van der Waals surface area contributed by atoms with Crippen LogP contribution in [-0.2, 0) is 15.6 Å². The number of nitrogens with zero attached hydrogens (tertiary/aromatic N) is 3. The molecule has 0 radical (unpaired) electrons. The summed E-state index contributed by atoms with van der Waals surface area (Å²) in [5.41, 5.74) is 1.21. The molecule has 192 valence electrons. The van der Waals surface area contributed by atoms with Gasteiger partial charge in [-0.3, -0.25) is 9.00 Å². The van der Waals surface area contributed by atoms with E-state index in [1.165, 1.54) is 0 Å². The van der Waals surface area contributed by atoms with Gasteiger partial charge >= 0.3 is 0 Å². The number of amides is 1. The second-order valence-electron chi connectivity index (χ2n) is 9.76. The van der Waals surface area contributed by atoms with Crippen LogP contribution in [0.25, 0.3) is 10.4 Å². The van der Waals surface area contributed by atoms with E-state index < -0.39 is 46.7 Å². The average molecular weight is 537 g/mol. The molecule has 1 aliphatic heterocycles. The molecule has 3 atom stereocenters. The number of alkyl halides is 3. The van der Waals surface area contributed by atoms with Crippen molar-refractivity contribution in [3.63, 3.8) is 0 Å². The predicted molar refractivity (Wildman–Crippen MR) is 133 cm³/mol. The van der Waals surface area contributed by atoms with Crippen molar-refractivity contribution in [2.45, 2.75) is 56.2 Å². The lowest BCUT2D eigenvalue weighted by molar-refractivity contribution is -0.128. The standard InChI is InChI=1S/C25H27F3N4O2S2/c26-16-3-6-18(19(13-16)23(33)31-25(14-29)7-8-25)20-21(35-24(30-20)22(27)28)15-1-4-17(5-2-15)32-9-11-36(34)12-10-32/h1-2,4-5,16,18-19,22H,3,6-13H2,(H,31,33)/t16-,18+,19?/m0/s1. The Hall–Kier alpha value is -2.45. The van der Waals surface area contributed by atoms with Crippen LogP contribution < -0.4 is 10.2 Å². The SMILES string of the molecule is N#CC1(NC(=O)C2C[C@@H](F)CC[C@H]2c2nc(C(F)F)sc2-c2ccc(N3CCS(=O)CC3)cc2)CC1. The molecular formula is C25H27F3N4O2S2. The van der Waals surface area contributed by atoms with E-state index in [9.17, 15) is 27.4 Å². The maximum atomic E-state index is 14.4. The second kappa shape index (κ2) is 10.1. The van der Waals surface area contributed by atoms with Crippen LogP contribution in [0.1, 0.15) is 55.1 Å². The molecule has 3 aliphatic rings. The van der Waals surface area contributed by atoms with Crippen molar-refractivity contribution in [1.29, 1.82) is 5.26 Å². The molecule has 1 aromatic carbocycles. The summed E-state index contributed by atoms with van der Waals surface area (Å²) in [6, 6.07) is 9.67. The number of carbonyl (C=O) groups is 1. The Labute approximate surface area is 214 Å². The van der Waals surface area contributed by atoms with Gasteiger partial charge in [-0.2, -0.15) is 5.26 Å². The maximum absolute atomic E-state index is 14.4. The molecule has 11 heteroatoms. The number of thiazole rings is 1. The first-order chi connectivity index (χ1) is 17.3. The zero-order valence-corrected chi connectivity index (χ0v) is 21.2. The molecule has 1 N–H and O–H groups in total. The van der Waals surface area contributed by atoms with E-state index in [2.05, 4.69) is 21.3 Å². The fourth-order valence-corrected chi connectivity index (χ4v) is 7.12. The van der Waals surface area contributed by atoms with Crippen LogP contribution in [-0.4, -0.2) is 51.4 Å². The Kier molecular flexibility index (Phi) is 7.10. The molecular weight excluding hydrogens is 509 g/mol. The van der Waals surface area contributed by atoms with Crippen molar-refractivity contribution in [3.05, 3.63) is 35.0 Å². The van der Waals surface area contributed by atoms with Gasteiger partial charge in [-0.1, -0.05) is 12.1 Å². The third-order valence-corrected chi connectivity index (χ3v) is 9.73. The largest absolute Gasteiger partial charge is 0.370 e. The normalized spacial score (nSPS) is 26.0. The first-order valence-electron chi connectivity index (χ1n) is 12.1. The molecule has 1 amide bonds. The summed E-state index contributed by atoms with van der Waals surface area (Å²) < 4.78 is 53.5. The lowest BCUT2D eigenvalue weighted by atomic mass is 9.75. The van der Waals surface area contributed by atoms with Gasteiger partial charge < -0.3 is 10.2 Å². The highest BCUT2D eigenvalue weighted by Crippen LogP contribution is 2.46. The number of anilines is 1. The van der Waals surface area contributed by atoms with Gasteiger partial charge in [0.2, 0.25) is 5.91 Å². The number of rotatable bonds is 6. The van der Waals surface area contributed by atoms with Crippen LogP contribution in [0.3, 0.4) is 0 Å². The van der Waals surface area contributed by atoms with Crippen molar-refractivity contribution >= 4 is 33.7 Å².